The van der Waals surface area contributed by atoms with E-state index in [0.717, 1.165) is 17.4 Å². The highest BCUT2D eigenvalue weighted by Gasteiger charge is 2.47. The topological polar surface area (TPSA) is 38.9 Å². The van der Waals surface area contributed by atoms with Crippen LogP contribution < -0.4 is 5.73 Å². The van der Waals surface area contributed by atoms with Gasteiger partial charge in [0.25, 0.3) is 0 Å². The number of rotatable bonds is 2. The highest BCUT2D eigenvalue weighted by Crippen LogP contribution is 2.56. The lowest BCUT2D eigenvalue weighted by Gasteiger charge is -2.22. The molecule has 1 aromatic carbocycles. The van der Waals surface area contributed by atoms with E-state index in [4.69, 9.17) is 5.73 Å². The van der Waals surface area contributed by atoms with Gasteiger partial charge in [0.2, 0.25) is 0 Å². The maximum atomic E-state index is 6.51. The molecule has 0 radical (unpaired) electrons. The summed E-state index contributed by atoms with van der Waals surface area (Å²) < 4.78 is 0. The van der Waals surface area contributed by atoms with Crippen LogP contribution in [0.1, 0.15) is 30.9 Å². The van der Waals surface area contributed by atoms with Crippen molar-refractivity contribution < 1.29 is 0 Å². The first-order valence-corrected chi connectivity index (χ1v) is 6.92. The van der Waals surface area contributed by atoms with Crippen molar-refractivity contribution in [2.75, 3.05) is 0 Å². The molecule has 2 heteroatoms. The minimum Gasteiger partial charge on any atom is -0.324 e. The number of nitrogens with zero attached hydrogens (tertiary/aromatic N) is 1. The first-order chi connectivity index (χ1) is 8.83. The van der Waals surface area contributed by atoms with Gasteiger partial charge in [-0.3, -0.25) is 4.98 Å². The molecule has 2 saturated carbocycles. The molecule has 3 atom stereocenters. The van der Waals surface area contributed by atoms with Gasteiger partial charge >= 0.3 is 0 Å². The Hall–Kier alpha value is -1.41. The average molecular weight is 238 g/mol. The molecule has 1 aromatic heterocycles. The zero-order chi connectivity index (χ0) is 12.1. The molecule has 2 nitrogen and oxygen atoms in total. The van der Waals surface area contributed by atoms with Gasteiger partial charge in [0.05, 0.1) is 5.52 Å². The van der Waals surface area contributed by atoms with Crippen molar-refractivity contribution in [3.05, 3.63) is 42.1 Å². The first kappa shape index (κ1) is 10.5. The molecule has 2 N–H and O–H groups in total. The van der Waals surface area contributed by atoms with Crippen molar-refractivity contribution in [3.8, 4) is 0 Å². The molecular formula is C16H18N2. The minimum atomic E-state index is 0.163. The number of benzene rings is 1. The predicted octanol–water partition coefficient (Wildman–Crippen LogP) is 3.28. The van der Waals surface area contributed by atoms with Crippen molar-refractivity contribution >= 4 is 10.9 Å². The van der Waals surface area contributed by atoms with Crippen LogP contribution in [-0.4, -0.2) is 4.98 Å². The van der Waals surface area contributed by atoms with Gasteiger partial charge in [-0.2, -0.15) is 0 Å². The molecule has 4 rings (SSSR count). The normalized spacial score (nSPS) is 31.3. The lowest BCUT2D eigenvalue weighted by Crippen LogP contribution is -2.20. The second-order valence-corrected chi connectivity index (χ2v) is 5.94. The van der Waals surface area contributed by atoms with Gasteiger partial charge in [-0.1, -0.05) is 24.3 Å². The summed E-state index contributed by atoms with van der Waals surface area (Å²) >= 11 is 0. The Balaban J connectivity index is 1.72. The molecule has 2 aliphatic rings. The summed E-state index contributed by atoms with van der Waals surface area (Å²) in [6.07, 6.45) is 5.98. The van der Waals surface area contributed by atoms with E-state index in [-0.39, 0.29) is 6.04 Å². The number of hydrogen-bond acceptors (Lipinski definition) is 2. The number of aromatic nitrogens is 1. The Morgan fingerprint density at radius 3 is 2.67 bits per heavy atom. The lowest BCUT2D eigenvalue weighted by molar-refractivity contribution is 0.405. The summed E-state index contributed by atoms with van der Waals surface area (Å²) in [7, 11) is 0. The van der Waals surface area contributed by atoms with Crippen molar-refractivity contribution in [1.82, 2.24) is 4.98 Å². The van der Waals surface area contributed by atoms with Gasteiger partial charge in [-0.25, -0.2) is 0 Å². The largest absolute Gasteiger partial charge is 0.324 e. The maximum absolute atomic E-state index is 6.51. The molecule has 3 unspecified atom stereocenters. The Morgan fingerprint density at radius 1 is 1.06 bits per heavy atom. The third-order valence-electron chi connectivity index (χ3n) is 4.81. The Kier molecular flexibility index (Phi) is 2.21. The fourth-order valence-corrected chi connectivity index (χ4v) is 3.71. The van der Waals surface area contributed by atoms with E-state index >= 15 is 0 Å². The highest BCUT2D eigenvalue weighted by molar-refractivity contribution is 5.82. The van der Waals surface area contributed by atoms with E-state index in [0.29, 0.717) is 5.92 Å². The summed E-state index contributed by atoms with van der Waals surface area (Å²) in [6.45, 7) is 0. The number of para-hydroxylation sites is 1. The monoisotopic (exact) mass is 238 g/mol. The summed E-state index contributed by atoms with van der Waals surface area (Å²) in [5, 5.41) is 1.20. The van der Waals surface area contributed by atoms with Crippen LogP contribution in [0.5, 0.6) is 0 Å². The van der Waals surface area contributed by atoms with Crippen LogP contribution in [0.3, 0.4) is 0 Å². The van der Waals surface area contributed by atoms with Gasteiger partial charge in [-0.05, 0) is 48.6 Å². The van der Waals surface area contributed by atoms with Crippen molar-refractivity contribution in [1.29, 1.82) is 0 Å². The molecule has 0 aliphatic heterocycles. The third-order valence-corrected chi connectivity index (χ3v) is 4.81. The highest BCUT2D eigenvalue weighted by atomic mass is 14.7. The Labute approximate surface area is 107 Å². The Bertz CT molecular complexity index is 577. The molecule has 2 fully saturated rings. The summed E-state index contributed by atoms with van der Waals surface area (Å²) in [5.74, 6) is 2.65. The number of hydrogen-bond donors (Lipinski definition) is 1. The zero-order valence-electron chi connectivity index (χ0n) is 10.4. The molecule has 0 amide bonds. The van der Waals surface area contributed by atoms with Crippen LogP contribution in [0.4, 0.5) is 0 Å². The fourth-order valence-electron chi connectivity index (χ4n) is 3.71. The van der Waals surface area contributed by atoms with Crippen LogP contribution in [0.2, 0.25) is 0 Å². The summed E-state index contributed by atoms with van der Waals surface area (Å²) in [6, 6.07) is 10.6. The number of fused-ring (bicyclic) bond motifs is 2. The first-order valence-electron chi connectivity index (χ1n) is 6.92. The van der Waals surface area contributed by atoms with Gasteiger partial charge in [-0.15, -0.1) is 0 Å². The second-order valence-electron chi connectivity index (χ2n) is 5.94. The van der Waals surface area contributed by atoms with Crippen LogP contribution in [0.25, 0.3) is 10.9 Å². The lowest BCUT2D eigenvalue weighted by atomic mass is 9.89. The number of nitrogens with two attached hydrogens (primary N) is 1. The molecule has 0 spiro atoms. The van der Waals surface area contributed by atoms with E-state index in [1.165, 1.54) is 30.2 Å². The Morgan fingerprint density at radius 2 is 1.83 bits per heavy atom. The van der Waals surface area contributed by atoms with Gasteiger partial charge in [0, 0.05) is 17.6 Å². The van der Waals surface area contributed by atoms with E-state index in [9.17, 15) is 0 Å². The maximum Gasteiger partial charge on any atom is 0.0749 e. The predicted molar refractivity (Wildman–Crippen MR) is 73.0 cm³/mol. The van der Waals surface area contributed by atoms with Crippen LogP contribution in [0.15, 0.2) is 36.5 Å². The van der Waals surface area contributed by atoms with E-state index in [1.807, 2.05) is 12.3 Å². The molecule has 2 aliphatic carbocycles. The quantitative estimate of drug-likeness (QED) is 0.872. The molecule has 92 valence electrons. The van der Waals surface area contributed by atoms with Crippen LogP contribution >= 0.6 is 0 Å². The standard InChI is InChI=1S/C16H18N2/c17-15(13-8-11-7-12(11)9-13)14-5-1-3-10-4-2-6-18-16(10)14/h1-6,11-13,15H,7-9,17H2. The second kappa shape index (κ2) is 3.79. The van der Waals surface area contributed by atoms with Gasteiger partial charge in [0.15, 0.2) is 0 Å². The van der Waals surface area contributed by atoms with Crippen molar-refractivity contribution in [2.45, 2.75) is 25.3 Å². The average Bonchev–Trinajstić information content (AvgIpc) is 3.04. The number of pyridine rings is 1. The molecule has 0 saturated heterocycles. The van der Waals surface area contributed by atoms with Crippen molar-refractivity contribution in [3.63, 3.8) is 0 Å². The SMILES string of the molecule is NC(c1cccc2cccnc12)C1CC2CC2C1. The fraction of sp³-hybridized carbons (Fsp3) is 0.438. The van der Waals surface area contributed by atoms with Gasteiger partial charge in [0.1, 0.15) is 0 Å². The third kappa shape index (κ3) is 1.56. The van der Waals surface area contributed by atoms with E-state index in [1.54, 1.807) is 0 Å². The van der Waals surface area contributed by atoms with Crippen LogP contribution in [0, 0.1) is 17.8 Å². The molecule has 2 aromatic rings. The summed E-state index contributed by atoms with van der Waals surface area (Å²) in [5.41, 5.74) is 8.84. The zero-order valence-corrected chi connectivity index (χ0v) is 10.4. The molecular weight excluding hydrogens is 220 g/mol. The van der Waals surface area contributed by atoms with E-state index < -0.39 is 0 Å². The van der Waals surface area contributed by atoms with E-state index in [2.05, 4.69) is 29.2 Å². The smallest absolute Gasteiger partial charge is 0.0749 e. The minimum absolute atomic E-state index is 0.163. The summed E-state index contributed by atoms with van der Waals surface area (Å²) in [4.78, 5) is 4.52. The molecule has 18 heavy (non-hydrogen) atoms. The molecule has 0 bridgehead atoms. The molecule has 1 heterocycles. The van der Waals surface area contributed by atoms with Crippen LogP contribution in [-0.2, 0) is 0 Å². The van der Waals surface area contributed by atoms with Crippen molar-refractivity contribution in [2.24, 2.45) is 23.5 Å². The van der Waals surface area contributed by atoms with Gasteiger partial charge < -0.3 is 5.73 Å².